The Bertz CT molecular complexity index is 1190. The Hall–Kier alpha value is -3.67. The fourth-order valence-corrected chi connectivity index (χ4v) is 3.53. The zero-order valence-electron chi connectivity index (χ0n) is 16.7. The third-order valence-corrected chi connectivity index (χ3v) is 5.40. The summed E-state index contributed by atoms with van der Waals surface area (Å²) in [6.07, 6.45) is 6.11. The number of carbonyl (C=O) groups excluding carboxylic acids is 1. The summed E-state index contributed by atoms with van der Waals surface area (Å²) in [5, 5.41) is 7.26. The highest BCUT2D eigenvalue weighted by Crippen LogP contribution is 2.33. The minimum atomic E-state index is -0.0367. The van der Waals surface area contributed by atoms with E-state index in [0.29, 0.717) is 17.2 Å². The lowest BCUT2D eigenvalue weighted by Crippen LogP contribution is -2.25. The van der Waals surface area contributed by atoms with E-state index in [4.69, 9.17) is 4.52 Å². The topological polar surface area (TPSA) is 73.0 Å². The Morgan fingerprint density at radius 1 is 1.17 bits per heavy atom. The third-order valence-electron chi connectivity index (χ3n) is 5.40. The Morgan fingerprint density at radius 3 is 2.80 bits per heavy atom. The lowest BCUT2D eigenvalue weighted by Gasteiger charge is -2.07. The largest absolute Gasteiger partial charge is 0.360 e. The Balaban J connectivity index is 1.44. The monoisotopic (exact) mass is 398 g/mol. The zero-order valence-corrected chi connectivity index (χ0v) is 16.7. The molecule has 30 heavy (non-hydrogen) atoms. The Morgan fingerprint density at radius 2 is 2.00 bits per heavy atom. The summed E-state index contributed by atoms with van der Waals surface area (Å²) in [7, 11) is 0. The SMILES string of the molecule is Cc1onc(-c2ccccc2)c1-c1cn(-c2cccc(C(=O)NCC3CC3)c2)cn1. The molecule has 0 atom stereocenters. The summed E-state index contributed by atoms with van der Waals surface area (Å²) in [6, 6.07) is 17.5. The Labute approximate surface area is 174 Å². The van der Waals surface area contributed by atoms with Crippen LogP contribution in [-0.4, -0.2) is 27.2 Å². The van der Waals surface area contributed by atoms with Crippen molar-refractivity contribution in [2.45, 2.75) is 19.8 Å². The summed E-state index contributed by atoms with van der Waals surface area (Å²) in [4.78, 5) is 17.0. The molecule has 6 nitrogen and oxygen atoms in total. The average molecular weight is 398 g/mol. The molecule has 0 saturated heterocycles. The third kappa shape index (κ3) is 3.64. The standard InChI is InChI=1S/C24H22N4O2/c1-16-22(23(27-30-16)18-6-3-2-4-7-18)21-14-28(15-26-21)20-9-5-8-19(12-20)24(29)25-13-17-10-11-17/h2-9,12,14-15,17H,10-11,13H2,1H3,(H,25,29). The predicted octanol–water partition coefficient (Wildman–Crippen LogP) is 4.64. The van der Waals surface area contributed by atoms with Gasteiger partial charge < -0.3 is 14.4 Å². The van der Waals surface area contributed by atoms with Crippen LogP contribution in [0.4, 0.5) is 0 Å². The van der Waals surface area contributed by atoms with E-state index in [1.165, 1.54) is 12.8 Å². The maximum absolute atomic E-state index is 12.4. The van der Waals surface area contributed by atoms with Crippen LogP contribution in [0.1, 0.15) is 29.0 Å². The van der Waals surface area contributed by atoms with Crippen molar-refractivity contribution in [3.8, 4) is 28.2 Å². The van der Waals surface area contributed by atoms with Crippen LogP contribution in [0.2, 0.25) is 0 Å². The first-order valence-corrected chi connectivity index (χ1v) is 10.1. The molecule has 1 saturated carbocycles. The number of benzene rings is 2. The van der Waals surface area contributed by atoms with Crippen LogP contribution in [0.25, 0.3) is 28.2 Å². The first-order chi connectivity index (χ1) is 14.7. The molecule has 1 aliphatic carbocycles. The van der Waals surface area contributed by atoms with Crippen LogP contribution >= 0.6 is 0 Å². The number of rotatable bonds is 6. The zero-order chi connectivity index (χ0) is 20.5. The number of nitrogens with one attached hydrogen (secondary N) is 1. The van der Waals surface area contributed by atoms with Gasteiger partial charge in [-0.25, -0.2) is 4.98 Å². The van der Waals surface area contributed by atoms with Gasteiger partial charge in [-0.05, 0) is 43.9 Å². The highest BCUT2D eigenvalue weighted by Gasteiger charge is 2.22. The highest BCUT2D eigenvalue weighted by molar-refractivity contribution is 5.94. The lowest BCUT2D eigenvalue weighted by atomic mass is 10.0. The molecule has 0 aliphatic heterocycles. The average Bonchev–Trinajstić information content (AvgIpc) is 3.35. The van der Waals surface area contributed by atoms with Crippen LogP contribution in [0.3, 0.4) is 0 Å². The molecule has 1 fully saturated rings. The summed E-state index contributed by atoms with van der Waals surface area (Å²) >= 11 is 0. The van der Waals surface area contributed by atoms with Gasteiger partial charge in [0.15, 0.2) is 0 Å². The molecular weight excluding hydrogens is 376 g/mol. The van der Waals surface area contributed by atoms with Gasteiger partial charge in [0, 0.05) is 29.6 Å². The van der Waals surface area contributed by atoms with Gasteiger partial charge in [0.1, 0.15) is 11.5 Å². The van der Waals surface area contributed by atoms with Gasteiger partial charge in [0.25, 0.3) is 5.91 Å². The van der Waals surface area contributed by atoms with Gasteiger partial charge >= 0.3 is 0 Å². The van der Waals surface area contributed by atoms with E-state index in [9.17, 15) is 4.79 Å². The summed E-state index contributed by atoms with van der Waals surface area (Å²) < 4.78 is 7.38. The molecule has 2 aromatic heterocycles. The molecule has 0 unspecified atom stereocenters. The van der Waals surface area contributed by atoms with E-state index in [-0.39, 0.29) is 5.91 Å². The van der Waals surface area contributed by atoms with Gasteiger partial charge in [-0.3, -0.25) is 4.79 Å². The van der Waals surface area contributed by atoms with Crippen molar-refractivity contribution in [2.24, 2.45) is 5.92 Å². The smallest absolute Gasteiger partial charge is 0.251 e. The van der Waals surface area contributed by atoms with E-state index in [0.717, 1.165) is 34.7 Å². The molecule has 4 aromatic rings. The molecule has 0 spiro atoms. The number of nitrogens with zero attached hydrogens (tertiary/aromatic N) is 3. The van der Waals surface area contributed by atoms with Crippen LogP contribution in [0, 0.1) is 12.8 Å². The predicted molar refractivity (Wildman–Crippen MR) is 114 cm³/mol. The molecule has 5 rings (SSSR count). The van der Waals surface area contributed by atoms with Crippen LogP contribution in [0.15, 0.2) is 71.6 Å². The number of hydrogen-bond acceptors (Lipinski definition) is 4. The molecule has 1 N–H and O–H groups in total. The van der Waals surface area contributed by atoms with Crippen molar-refractivity contribution in [1.82, 2.24) is 20.0 Å². The van der Waals surface area contributed by atoms with Crippen molar-refractivity contribution >= 4 is 5.91 Å². The van der Waals surface area contributed by atoms with Crippen molar-refractivity contribution in [1.29, 1.82) is 0 Å². The molecular formula is C24H22N4O2. The molecule has 0 bridgehead atoms. The molecule has 150 valence electrons. The first kappa shape index (κ1) is 18.4. The maximum Gasteiger partial charge on any atom is 0.251 e. The highest BCUT2D eigenvalue weighted by atomic mass is 16.5. The lowest BCUT2D eigenvalue weighted by molar-refractivity contribution is 0.0952. The van der Waals surface area contributed by atoms with Crippen LogP contribution in [0.5, 0.6) is 0 Å². The first-order valence-electron chi connectivity index (χ1n) is 10.1. The van der Waals surface area contributed by atoms with Crippen LogP contribution < -0.4 is 5.32 Å². The van der Waals surface area contributed by atoms with E-state index in [1.807, 2.05) is 72.3 Å². The van der Waals surface area contributed by atoms with Gasteiger partial charge in [0.2, 0.25) is 0 Å². The molecule has 2 aromatic carbocycles. The molecule has 6 heteroatoms. The molecule has 0 radical (unpaired) electrons. The van der Waals surface area contributed by atoms with E-state index in [2.05, 4.69) is 15.5 Å². The molecule has 1 aliphatic rings. The second kappa shape index (κ2) is 7.63. The van der Waals surface area contributed by atoms with E-state index < -0.39 is 0 Å². The number of amides is 1. The van der Waals surface area contributed by atoms with Gasteiger partial charge in [0.05, 0.1) is 17.6 Å². The fourth-order valence-electron chi connectivity index (χ4n) is 3.53. The van der Waals surface area contributed by atoms with Crippen molar-refractivity contribution in [2.75, 3.05) is 6.54 Å². The number of aromatic nitrogens is 3. The minimum absolute atomic E-state index is 0.0367. The summed E-state index contributed by atoms with van der Waals surface area (Å²) in [6.45, 7) is 2.64. The maximum atomic E-state index is 12.4. The second-order valence-corrected chi connectivity index (χ2v) is 7.70. The van der Waals surface area contributed by atoms with E-state index >= 15 is 0 Å². The van der Waals surface area contributed by atoms with Crippen molar-refractivity contribution in [3.63, 3.8) is 0 Å². The number of imidazole rings is 1. The van der Waals surface area contributed by atoms with Gasteiger partial charge in [-0.15, -0.1) is 0 Å². The van der Waals surface area contributed by atoms with Crippen molar-refractivity contribution in [3.05, 3.63) is 78.4 Å². The normalized spacial score (nSPS) is 13.4. The fraction of sp³-hybridized carbons (Fsp3) is 0.208. The number of hydrogen-bond donors (Lipinski definition) is 1. The van der Waals surface area contributed by atoms with Crippen LogP contribution in [-0.2, 0) is 0 Å². The second-order valence-electron chi connectivity index (χ2n) is 7.70. The Kier molecular flexibility index (Phi) is 4.67. The van der Waals surface area contributed by atoms with Gasteiger partial charge in [-0.2, -0.15) is 0 Å². The molecule has 1 amide bonds. The van der Waals surface area contributed by atoms with Gasteiger partial charge in [-0.1, -0.05) is 41.6 Å². The number of aryl methyl sites for hydroxylation is 1. The number of carbonyl (C=O) groups is 1. The summed E-state index contributed by atoms with van der Waals surface area (Å²) in [5.41, 5.74) is 4.92. The quantitative estimate of drug-likeness (QED) is 0.513. The summed E-state index contributed by atoms with van der Waals surface area (Å²) in [5.74, 6) is 1.33. The molecule has 2 heterocycles. The minimum Gasteiger partial charge on any atom is -0.360 e. The van der Waals surface area contributed by atoms with Crippen molar-refractivity contribution < 1.29 is 9.32 Å². The van der Waals surface area contributed by atoms with E-state index in [1.54, 1.807) is 6.33 Å².